The van der Waals surface area contributed by atoms with E-state index in [2.05, 4.69) is 217 Å². The molecule has 0 saturated carbocycles. The fourth-order valence-corrected chi connectivity index (χ4v) is 7.93. The topological polar surface area (TPSA) is 3.24 Å². The van der Waals surface area contributed by atoms with Gasteiger partial charge in [-0.25, -0.2) is 0 Å². The second-order valence-electron chi connectivity index (χ2n) is 12.9. The van der Waals surface area contributed by atoms with Crippen LogP contribution in [0.25, 0.3) is 33.4 Å². The van der Waals surface area contributed by atoms with E-state index in [-0.39, 0.29) is 0 Å². The highest BCUT2D eigenvalue weighted by Gasteiger charge is 2.46. The molecule has 0 heterocycles. The van der Waals surface area contributed by atoms with Crippen molar-refractivity contribution in [3.63, 3.8) is 0 Å². The van der Waals surface area contributed by atoms with Gasteiger partial charge in [0.15, 0.2) is 0 Å². The maximum atomic E-state index is 2.41. The van der Waals surface area contributed by atoms with Crippen molar-refractivity contribution in [2.24, 2.45) is 0 Å². The lowest BCUT2D eigenvalue weighted by Crippen LogP contribution is -2.28. The third kappa shape index (κ3) is 4.95. The predicted octanol–water partition coefficient (Wildman–Crippen LogP) is 12.9. The van der Waals surface area contributed by atoms with Crippen molar-refractivity contribution < 1.29 is 0 Å². The number of hydrogen-bond donors (Lipinski definition) is 0. The van der Waals surface area contributed by atoms with Crippen LogP contribution in [0.15, 0.2) is 212 Å². The van der Waals surface area contributed by atoms with Crippen LogP contribution in [0.4, 0.5) is 17.1 Å². The standard InChI is InChI=1S/C49H35N/c1-5-17-36(18-6-1)38-21-15-27-42(33-38)50(43-28-16-22-39(34-43)37-19-7-2-8-20-37)44-31-32-48-46(35-44)45-29-13-14-30-47(45)49(48,40-23-9-3-10-24-40)41-25-11-4-12-26-41/h1-35H. The molecular formula is C49H35N. The molecule has 0 atom stereocenters. The van der Waals surface area contributed by atoms with E-state index in [1.54, 1.807) is 0 Å². The summed E-state index contributed by atoms with van der Waals surface area (Å²) in [6.45, 7) is 0. The summed E-state index contributed by atoms with van der Waals surface area (Å²) in [7, 11) is 0. The second kappa shape index (κ2) is 12.5. The summed E-state index contributed by atoms with van der Waals surface area (Å²) in [5.41, 5.74) is 15.4. The van der Waals surface area contributed by atoms with Crippen LogP contribution in [0.3, 0.4) is 0 Å². The number of benzene rings is 8. The van der Waals surface area contributed by atoms with Crippen LogP contribution in [0, 0.1) is 0 Å². The van der Waals surface area contributed by atoms with E-state index in [0.717, 1.165) is 17.1 Å². The van der Waals surface area contributed by atoms with E-state index >= 15 is 0 Å². The SMILES string of the molecule is c1ccc(-c2cccc(N(c3cccc(-c4ccccc4)c3)c3ccc4c(c3)-c3ccccc3C4(c3ccccc3)c3ccccc3)c2)cc1. The van der Waals surface area contributed by atoms with E-state index in [4.69, 9.17) is 0 Å². The quantitative estimate of drug-likeness (QED) is 0.168. The molecule has 0 amide bonds. The average molecular weight is 638 g/mol. The highest BCUT2D eigenvalue weighted by Crippen LogP contribution is 2.57. The maximum absolute atomic E-state index is 2.41. The van der Waals surface area contributed by atoms with Gasteiger partial charge >= 0.3 is 0 Å². The zero-order valence-electron chi connectivity index (χ0n) is 27.7. The Kier molecular flexibility index (Phi) is 7.44. The molecule has 0 unspecified atom stereocenters. The molecule has 8 aromatic carbocycles. The molecule has 1 aliphatic carbocycles. The molecule has 1 nitrogen and oxygen atoms in total. The summed E-state index contributed by atoms with van der Waals surface area (Å²) >= 11 is 0. The van der Waals surface area contributed by atoms with Crippen LogP contribution in [0.1, 0.15) is 22.3 Å². The van der Waals surface area contributed by atoms with Crippen molar-refractivity contribution >= 4 is 17.1 Å². The van der Waals surface area contributed by atoms with Gasteiger partial charge in [-0.05, 0) is 92.0 Å². The fraction of sp³-hybridized carbons (Fsp3) is 0.0204. The zero-order valence-corrected chi connectivity index (χ0v) is 27.7. The van der Waals surface area contributed by atoms with Crippen LogP contribution in [0.2, 0.25) is 0 Å². The lowest BCUT2D eigenvalue weighted by molar-refractivity contribution is 0.768. The van der Waals surface area contributed by atoms with Crippen molar-refractivity contribution in [3.05, 3.63) is 235 Å². The van der Waals surface area contributed by atoms with Gasteiger partial charge in [0.1, 0.15) is 0 Å². The molecular weight excluding hydrogens is 603 g/mol. The zero-order chi connectivity index (χ0) is 33.3. The van der Waals surface area contributed by atoms with Gasteiger partial charge in [-0.1, -0.05) is 176 Å². The van der Waals surface area contributed by atoms with Crippen LogP contribution < -0.4 is 4.90 Å². The summed E-state index contributed by atoms with van der Waals surface area (Å²) < 4.78 is 0. The summed E-state index contributed by atoms with van der Waals surface area (Å²) in [5.74, 6) is 0. The first kappa shape index (κ1) is 29.7. The first-order valence-corrected chi connectivity index (χ1v) is 17.3. The van der Waals surface area contributed by atoms with E-state index in [9.17, 15) is 0 Å². The van der Waals surface area contributed by atoms with E-state index < -0.39 is 5.41 Å². The van der Waals surface area contributed by atoms with Gasteiger partial charge in [-0.15, -0.1) is 0 Å². The van der Waals surface area contributed by atoms with Crippen molar-refractivity contribution in [1.82, 2.24) is 0 Å². The summed E-state index contributed by atoms with van der Waals surface area (Å²) in [6, 6.07) is 77.1. The van der Waals surface area contributed by atoms with Gasteiger partial charge in [0.25, 0.3) is 0 Å². The smallest absolute Gasteiger partial charge is 0.0713 e. The Labute approximate surface area is 294 Å². The van der Waals surface area contributed by atoms with E-state index in [1.165, 1.54) is 55.6 Å². The highest BCUT2D eigenvalue weighted by atomic mass is 15.1. The second-order valence-corrected chi connectivity index (χ2v) is 12.9. The van der Waals surface area contributed by atoms with Crippen molar-refractivity contribution in [3.8, 4) is 33.4 Å². The monoisotopic (exact) mass is 637 g/mol. The van der Waals surface area contributed by atoms with Gasteiger partial charge in [0.2, 0.25) is 0 Å². The van der Waals surface area contributed by atoms with Gasteiger partial charge in [0.05, 0.1) is 5.41 Å². The number of rotatable bonds is 7. The van der Waals surface area contributed by atoms with Crippen molar-refractivity contribution in [2.45, 2.75) is 5.41 Å². The van der Waals surface area contributed by atoms with Gasteiger partial charge in [0, 0.05) is 17.1 Å². The Morgan fingerprint density at radius 1 is 0.280 bits per heavy atom. The fourth-order valence-electron chi connectivity index (χ4n) is 7.93. The van der Waals surface area contributed by atoms with Crippen LogP contribution in [0.5, 0.6) is 0 Å². The Bertz CT molecular complexity index is 2290. The molecule has 50 heavy (non-hydrogen) atoms. The number of fused-ring (bicyclic) bond motifs is 3. The molecule has 0 radical (unpaired) electrons. The van der Waals surface area contributed by atoms with Crippen molar-refractivity contribution in [1.29, 1.82) is 0 Å². The van der Waals surface area contributed by atoms with Gasteiger partial charge in [-0.2, -0.15) is 0 Å². The predicted molar refractivity (Wildman–Crippen MR) is 209 cm³/mol. The largest absolute Gasteiger partial charge is 0.310 e. The maximum Gasteiger partial charge on any atom is 0.0713 e. The summed E-state index contributed by atoms with van der Waals surface area (Å²) in [6.07, 6.45) is 0. The van der Waals surface area contributed by atoms with Crippen LogP contribution in [-0.2, 0) is 5.41 Å². The molecule has 1 heteroatoms. The molecule has 0 aliphatic heterocycles. The van der Waals surface area contributed by atoms with Crippen LogP contribution in [-0.4, -0.2) is 0 Å². The molecule has 0 bridgehead atoms. The molecule has 0 spiro atoms. The molecule has 8 aromatic rings. The number of nitrogens with zero attached hydrogens (tertiary/aromatic N) is 1. The van der Waals surface area contributed by atoms with Crippen LogP contribution >= 0.6 is 0 Å². The minimum absolute atomic E-state index is 0.432. The van der Waals surface area contributed by atoms with Gasteiger partial charge < -0.3 is 4.90 Å². The average Bonchev–Trinajstić information content (AvgIpc) is 3.50. The molecule has 0 N–H and O–H groups in total. The Balaban J connectivity index is 1.28. The minimum Gasteiger partial charge on any atom is -0.310 e. The molecule has 9 rings (SSSR count). The molecule has 1 aliphatic rings. The number of anilines is 3. The van der Waals surface area contributed by atoms with Gasteiger partial charge in [-0.3, -0.25) is 0 Å². The molecule has 0 fully saturated rings. The Morgan fingerprint density at radius 3 is 1.24 bits per heavy atom. The highest BCUT2D eigenvalue weighted by molar-refractivity contribution is 5.91. The third-order valence-corrected chi connectivity index (χ3v) is 10.1. The minimum atomic E-state index is -0.432. The Morgan fingerprint density at radius 2 is 0.700 bits per heavy atom. The summed E-state index contributed by atoms with van der Waals surface area (Å²) in [5, 5.41) is 0. The normalized spacial score (nSPS) is 12.6. The lowest BCUT2D eigenvalue weighted by Gasteiger charge is -2.34. The number of hydrogen-bond acceptors (Lipinski definition) is 1. The Hall–Kier alpha value is -6.44. The molecule has 236 valence electrons. The van der Waals surface area contributed by atoms with E-state index in [1.807, 2.05) is 0 Å². The lowest BCUT2D eigenvalue weighted by atomic mass is 9.68. The molecule has 0 saturated heterocycles. The first-order valence-electron chi connectivity index (χ1n) is 17.3. The third-order valence-electron chi connectivity index (χ3n) is 10.1. The van der Waals surface area contributed by atoms with E-state index in [0.29, 0.717) is 0 Å². The van der Waals surface area contributed by atoms with Crippen molar-refractivity contribution in [2.75, 3.05) is 4.90 Å². The molecule has 0 aromatic heterocycles. The first-order chi connectivity index (χ1) is 24.8. The summed E-state index contributed by atoms with van der Waals surface area (Å²) in [4.78, 5) is 2.41.